The lowest BCUT2D eigenvalue weighted by molar-refractivity contribution is 0.285. The first kappa shape index (κ1) is 10.7. The highest BCUT2D eigenvalue weighted by molar-refractivity contribution is 5.64. The van der Waals surface area contributed by atoms with Crippen molar-refractivity contribution in [3.8, 4) is 17.1 Å². The number of aliphatic hydroxyl groups is 1. The fourth-order valence-electron chi connectivity index (χ4n) is 1.49. The summed E-state index contributed by atoms with van der Waals surface area (Å²) in [5.74, 6) is 1.93. The normalized spacial score (nSPS) is 10.4. The highest BCUT2D eigenvalue weighted by atomic mass is 16.5. The van der Waals surface area contributed by atoms with E-state index in [-0.39, 0.29) is 6.61 Å². The zero-order chi connectivity index (χ0) is 11.4. The molecule has 2 rings (SSSR count). The molecule has 4 nitrogen and oxygen atoms in total. The molecule has 1 heterocycles. The highest BCUT2D eigenvalue weighted by Crippen LogP contribution is 2.29. The van der Waals surface area contributed by atoms with Crippen molar-refractivity contribution in [2.75, 3.05) is 13.7 Å². The minimum absolute atomic E-state index is 0.0336. The number of oxazole rings is 1. The molecule has 0 fully saturated rings. The van der Waals surface area contributed by atoms with Crippen LogP contribution >= 0.6 is 0 Å². The van der Waals surface area contributed by atoms with Gasteiger partial charge in [0.05, 0.1) is 25.5 Å². The smallest absolute Gasteiger partial charge is 0.197 e. The van der Waals surface area contributed by atoms with Crippen LogP contribution in [0.25, 0.3) is 11.3 Å². The second-order valence-corrected chi connectivity index (χ2v) is 3.29. The lowest BCUT2D eigenvalue weighted by Gasteiger charge is -2.04. The molecule has 4 heteroatoms. The molecule has 84 valence electrons. The molecule has 0 bridgehead atoms. The number of aliphatic hydroxyl groups excluding tert-OH is 1. The fourth-order valence-corrected chi connectivity index (χ4v) is 1.49. The minimum Gasteiger partial charge on any atom is -0.496 e. The number of methoxy groups -OCH3 is 1. The highest BCUT2D eigenvalue weighted by Gasteiger charge is 2.10. The van der Waals surface area contributed by atoms with Gasteiger partial charge in [-0.1, -0.05) is 12.1 Å². The van der Waals surface area contributed by atoms with Crippen LogP contribution in [0.15, 0.2) is 34.9 Å². The molecule has 0 aliphatic rings. The van der Waals surface area contributed by atoms with Crippen molar-refractivity contribution in [3.05, 3.63) is 36.4 Å². The average Bonchev–Trinajstić information content (AvgIpc) is 2.78. The van der Waals surface area contributed by atoms with Crippen LogP contribution in [-0.2, 0) is 6.42 Å². The second kappa shape index (κ2) is 4.81. The van der Waals surface area contributed by atoms with E-state index in [4.69, 9.17) is 14.3 Å². The summed E-state index contributed by atoms with van der Waals surface area (Å²) in [6, 6.07) is 7.57. The lowest BCUT2D eigenvalue weighted by atomic mass is 10.1. The molecule has 0 spiro atoms. The molecule has 0 aliphatic carbocycles. The number of hydrogen-bond acceptors (Lipinski definition) is 4. The van der Waals surface area contributed by atoms with Gasteiger partial charge in [0.25, 0.3) is 0 Å². The van der Waals surface area contributed by atoms with Crippen LogP contribution in [0.4, 0.5) is 0 Å². The van der Waals surface area contributed by atoms with Gasteiger partial charge in [-0.2, -0.15) is 0 Å². The SMILES string of the molecule is COc1ccccc1-c1cnc(CCO)o1. The Hall–Kier alpha value is -1.81. The number of nitrogens with zero attached hydrogens (tertiary/aromatic N) is 1. The van der Waals surface area contributed by atoms with E-state index in [2.05, 4.69) is 4.98 Å². The molecule has 16 heavy (non-hydrogen) atoms. The summed E-state index contributed by atoms with van der Waals surface area (Å²) in [4.78, 5) is 4.08. The molecule has 0 unspecified atom stereocenters. The standard InChI is InChI=1S/C12H13NO3/c1-15-10-5-3-2-4-9(10)11-8-13-12(16-11)6-7-14/h2-5,8,14H,6-7H2,1H3. The predicted octanol–water partition coefficient (Wildman–Crippen LogP) is 1.88. The summed E-state index contributed by atoms with van der Waals surface area (Å²) in [5.41, 5.74) is 0.863. The lowest BCUT2D eigenvalue weighted by Crippen LogP contribution is -1.89. The Morgan fingerprint density at radius 2 is 2.19 bits per heavy atom. The van der Waals surface area contributed by atoms with Gasteiger partial charge in [-0.15, -0.1) is 0 Å². The molecular formula is C12H13NO3. The molecule has 0 radical (unpaired) electrons. The zero-order valence-corrected chi connectivity index (χ0v) is 9.01. The third kappa shape index (κ3) is 2.06. The topological polar surface area (TPSA) is 55.5 Å². The maximum atomic E-state index is 8.78. The number of aromatic nitrogens is 1. The Balaban J connectivity index is 2.34. The van der Waals surface area contributed by atoms with Crippen molar-refractivity contribution < 1.29 is 14.3 Å². The van der Waals surface area contributed by atoms with Crippen LogP contribution in [0, 0.1) is 0 Å². The van der Waals surface area contributed by atoms with Crippen molar-refractivity contribution in [1.29, 1.82) is 0 Å². The molecule has 0 amide bonds. The Morgan fingerprint density at radius 3 is 2.94 bits per heavy atom. The molecule has 0 atom stereocenters. The number of hydrogen-bond donors (Lipinski definition) is 1. The van der Waals surface area contributed by atoms with Crippen molar-refractivity contribution in [1.82, 2.24) is 4.98 Å². The Morgan fingerprint density at radius 1 is 1.38 bits per heavy atom. The van der Waals surface area contributed by atoms with Gasteiger partial charge in [0.1, 0.15) is 5.75 Å². The van der Waals surface area contributed by atoms with Gasteiger partial charge in [0, 0.05) is 6.42 Å². The Bertz CT molecular complexity index is 465. The Kier molecular flexibility index (Phi) is 3.22. The number of rotatable bonds is 4. The van der Waals surface area contributed by atoms with E-state index in [1.165, 1.54) is 0 Å². The molecule has 0 aliphatic heterocycles. The average molecular weight is 219 g/mol. The fraction of sp³-hybridized carbons (Fsp3) is 0.250. The summed E-state index contributed by atoms with van der Waals surface area (Å²) in [6.45, 7) is 0.0336. The van der Waals surface area contributed by atoms with Crippen LogP contribution in [0.1, 0.15) is 5.89 Å². The first-order valence-electron chi connectivity index (χ1n) is 5.04. The van der Waals surface area contributed by atoms with Crippen molar-refractivity contribution in [3.63, 3.8) is 0 Å². The minimum atomic E-state index is 0.0336. The van der Waals surface area contributed by atoms with E-state index in [9.17, 15) is 0 Å². The quantitative estimate of drug-likeness (QED) is 0.853. The van der Waals surface area contributed by atoms with E-state index in [1.54, 1.807) is 13.3 Å². The number of ether oxygens (including phenoxy) is 1. The van der Waals surface area contributed by atoms with Crippen LogP contribution in [0.5, 0.6) is 5.75 Å². The summed E-state index contributed by atoms with van der Waals surface area (Å²) in [7, 11) is 1.61. The zero-order valence-electron chi connectivity index (χ0n) is 9.01. The van der Waals surface area contributed by atoms with Crippen molar-refractivity contribution in [2.45, 2.75) is 6.42 Å². The summed E-state index contributed by atoms with van der Waals surface area (Å²) in [5, 5.41) is 8.78. The largest absolute Gasteiger partial charge is 0.496 e. The Labute approximate surface area is 93.5 Å². The van der Waals surface area contributed by atoms with Crippen LogP contribution in [-0.4, -0.2) is 23.8 Å². The molecular weight excluding hydrogens is 206 g/mol. The van der Waals surface area contributed by atoms with Crippen LogP contribution in [0.3, 0.4) is 0 Å². The van der Waals surface area contributed by atoms with Gasteiger partial charge < -0.3 is 14.3 Å². The third-order valence-electron chi connectivity index (χ3n) is 2.25. The molecule has 0 saturated carbocycles. The summed E-state index contributed by atoms with van der Waals surface area (Å²) < 4.78 is 10.7. The molecule has 1 aromatic carbocycles. The van der Waals surface area contributed by atoms with E-state index in [1.807, 2.05) is 24.3 Å². The molecule has 0 saturated heterocycles. The molecule has 1 N–H and O–H groups in total. The van der Waals surface area contributed by atoms with E-state index in [0.29, 0.717) is 18.1 Å². The maximum Gasteiger partial charge on any atom is 0.197 e. The first-order chi connectivity index (χ1) is 7.85. The van der Waals surface area contributed by atoms with Crippen LogP contribution in [0.2, 0.25) is 0 Å². The molecule has 1 aromatic heterocycles. The van der Waals surface area contributed by atoms with E-state index in [0.717, 1.165) is 11.3 Å². The second-order valence-electron chi connectivity index (χ2n) is 3.29. The van der Waals surface area contributed by atoms with Crippen molar-refractivity contribution in [2.24, 2.45) is 0 Å². The van der Waals surface area contributed by atoms with Gasteiger partial charge in [-0.3, -0.25) is 0 Å². The van der Waals surface area contributed by atoms with Gasteiger partial charge in [0.15, 0.2) is 11.7 Å². The van der Waals surface area contributed by atoms with E-state index >= 15 is 0 Å². The van der Waals surface area contributed by atoms with Crippen LogP contribution < -0.4 is 4.74 Å². The molecule has 2 aromatic rings. The maximum absolute atomic E-state index is 8.78. The number of benzene rings is 1. The summed E-state index contributed by atoms with van der Waals surface area (Å²) in [6.07, 6.45) is 2.07. The van der Waals surface area contributed by atoms with Gasteiger partial charge in [-0.05, 0) is 12.1 Å². The van der Waals surface area contributed by atoms with Gasteiger partial charge >= 0.3 is 0 Å². The number of para-hydroxylation sites is 1. The van der Waals surface area contributed by atoms with E-state index < -0.39 is 0 Å². The van der Waals surface area contributed by atoms with Gasteiger partial charge in [0.2, 0.25) is 0 Å². The summed E-state index contributed by atoms with van der Waals surface area (Å²) >= 11 is 0. The third-order valence-corrected chi connectivity index (χ3v) is 2.25. The van der Waals surface area contributed by atoms with Crippen molar-refractivity contribution >= 4 is 0 Å². The predicted molar refractivity (Wildman–Crippen MR) is 59.3 cm³/mol. The first-order valence-corrected chi connectivity index (χ1v) is 5.04. The van der Waals surface area contributed by atoms with Gasteiger partial charge in [-0.25, -0.2) is 4.98 Å². The monoisotopic (exact) mass is 219 g/mol.